The maximum absolute atomic E-state index is 4.29. The molecule has 1 atom stereocenters. The SMILES string of the molecule is CCN1CCCC1CNc1cc(C(C)C)ncn1. The van der Waals surface area contributed by atoms with Crippen LogP contribution in [0.5, 0.6) is 0 Å². The first-order chi connectivity index (χ1) is 8.70. The Morgan fingerprint density at radius 3 is 3.00 bits per heavy atom. The van der Waals surface area contributed by atoms with Crippen LogP contribution in [0.2, 0.25) is 0 Å². The number of likely N-dealkylation sites (N-methyl/N-ethyl adjacent to an activating group) is 1. The van der Waals surface area contributed by atoms with Gasteiger partial charge in [-0.3, -0.25) is 4.90 Å². The highest BCUT2D eigenvalue weighted by molar-refractivity contribution is 5.35. The molecule has 1 aromatic heterocycles. The predicted octanol–water partition coefficient (Wildman–Crippen LogP) is 2.50. The summed E-state index contributed by atoms with van der Waals surface area (Å²) in [5.41, 5.74) is 1.10. The van der Waals surface area contributed by atoms with Gasteiger partial charge in [0.05, 0.1) is 0 Å². The van der Waals surface area contributed by atoms with Crippen LogP contribution >= 0.6 is 0 Å². The van der Waals surface area contributed by atoms with E-state index in [-0.39, 0.29) is 0 Å². The number of hydrogen-bond acceptors (Lipinski definition) is 4. The molecule has 0 spiro atoms. The summed E-state index contributed by atoms with van der Waals surface area (Å²) in [5, 5.41) is 3.45. The molecule has 0 amide bonds. The molecule has 1 N–H and O–H groups in total. The summed E-state index contributed by atoms with van der Waals surface area (Å²) in [6.07, 6.45) is 4.27. The summed E-state index contributed by atoms with van der Waals surface area (Å²) < 4.78 is 0. The highest BCUT2D eigenvalue weighted by Crippen LogP contribution is 2.18. The molecular weight excluding hydrogens is 224 g/mol. The zero-order chi connectivity index (χ0) is 13.0. The van der Waals surface area contributed by atoms with Crippen molar-refractivity contribution in [3.8, 4) is 0 Å². The topological polar surface area (TPSA) is 41.0 Å². The van der Waals surface area contributed by atoms with Gasteiger partial charge in [-0.25, -0.2) is 9.97 Å². The molecule has 100 valence electrons. The molecule has 1 fully saturated rings. The maximum atomic E-state index is 4.29. The van der Waals surface area contributed by atoms with E-state index in [0.717, 1.165) is 24.6 Å². The zero-order valence-electron chi connectivity index (χ0n) is 11.7. The summed E-state index contributed by atoms with van der Waals surface area (Å²) in [6, 6.07) is 2.73. The number of rotatable bonds is 5. The molecule has 1 unspecified atom stereocenters. The fraction of sp³-hybridized carbons (Fsp3) is 0.714. The van der Waals surface area contributed by atoms with Gasteiger partial charge in [-0.15, -0.1) is 0 Å². The van der Waals surface area contributed by atoms with Gasteiger partial charge in [-0.2, -0.15) is 0 Å². The van der Waals surface area contributed by atoms with Gasteiger partial charge in [-0.1, -0.05) is 20.8 Å². The average Bonchev–Trinajstić information content (AvgIpc) is 2.84. The molecule has 4 nitrogen and oxygen atoms in total. The summed E-state index contributed by atoms with van der Waals surface area (Å²) in [7, 11) is 0. The third-order valence-electron chi connectivity index (χ3n) is 3.70. The summed E-state index contributed by atoms with van der Waals surface area (Å²) >= 11 is 0. The molecule has 1 saturated heterocycles. The molecule has 18 heavy (non-hydrogen) atoms. The van der Waals surface area contributed by atoms with Crippen molar-refractivity contribution >= 4 is 5.82 Å². The van der Waals surface area contributed by atoms with Gasteiger partial charge in [0.25, 0.3) is 0 Å². The van der Waals surface area contributed by atoms with E-state index < -0.39 is 0 Å². The van der Waals surface area contributed by atoms with Gasteiger partial charge in [-0.05, 0) is 31.8 Å². The highest BCUT2D eigenvalue weighted by atomic mass is 15.2. The molecule has 0 bridgehead atoms. The van der Waals surface area contributed by atoms with E-state index in [1.54, 1.807) is 6.33 Å². The minimum absolute atomic E-state index is 0.451. The van der Waals surface area contributed by atoms with Gasteiger partial charge in [0, 0.05) is 24.3 Å². The first kappa shape index (κ1) is 13.3. The number of likely N-dealkylation sites (tertiary alicyclic amines) is 1. The molecule has 0 saturated carbocycles. The van der Waals surface area contributed by atoms with Crippen molar-refractivity contribution < 1.29 is 0 Å². The molecule has 1 aliphatic heterocycles. The van der Waals surface area contributed by atoms with Crippen LogP contribution in [-0.2, 0) is 0 Å². The lowest BCUT2D eigenvalue weighted by molar-refractivity contribution is 0.277. The fourth-order valence-corrected chi connectivity index (χ4v) is 2.55. The third kappa shape index (κ3) is 3.19. The van der Waals surface area contributed by atoms with E-state index >= 15 is 0 Å². The summed E-state index contributed by atoms with van der Waals surface area (Å²) in [4.78, 5) is 11.1. The molecule has 1 aliphatic rings. The van der Waals surface area contributed by atoms with Crippen molar-refractivity contribution in [2.45, 2.75) is 45.6 Å². The molecule has 0 aromatic carbocycles. The third-order valence-corrected chi connectivity index (χ3v) is 3.70. The Morgan fingerprint density at radius 2 is 2.28 bits per heavy atom. The van der Waals surface area contributed by atoms with E-state index in [2.05, 4.69) is 47.0 Å². The molecule has 2 heterocycles. The second-order valence-electron chi connectivity index (χ2n) is 5.29. The molecule has 0 radical (unpaired) electrons. The maximum Gasteiger partial charge on any atom is 0.129 e. The van der Waals surface area contributed by atoms with Crippen LogP contribution in [0.25, 0.3) is 0 Å². The molecular formula is C14H24N4. The van der Waals surface area contributed by atoms with Crippen LogP contribution in [0.4, 0.5) is 5.82 Å². The van der Waals surface area contributed by atoms with Crippen LogP contribution in [0.15, 0.2) is 12.4 Å². The monoisotopic (exact) mass is 248 g/mol. The summed E-state index contributed by atoms with van der Waals surface area (Å²) in [6.45, 7) is 9.92. The lowest BCUT2D eigenvalue weighted by Gasteiger charge is -2.23. The number of nitrogens with one attached hydrogen (secondary N) is 1. The van der Waals surface area contributed by atoms with Crippen molar-refractivity contribution in [2.75, 3.05) is 25.0 Å². The Kier molecular flexibility index (Phi) is 4.53. The molecule has 2 rings (SSSR count). The lowest BCUT2D eigenvalue weighted by Crippen LogP contribution is -2.34. The Bertz CT molecular complexity index is 378. The van der Waals surface area contributed by atoms with Gasteiger partial charge in [0.1, 0.15) is 12.1 Å². The predicted molar refractivity (Wildman–Crippen MR) is 74.9 cm³/mol. The van der Waals surface area contributed by atoms with Crippen LogP contribution in [0, 0.1) is 0 Å². The Morgan fingerprint density at radius 1 is 1.44 bits per heavy atom. The van der Waals surface area contributed by atoms with Gasteiger partial charge in [0.2, 0.25) is 0 Å². The fourth-order valence-electron chi connectivity index (χ4n) is 2.55. The van der Waals surface area contributed by atoms with E-state index in [9.17, 15) is 0 Å². The number of anilines is 1. The second kappa shape index (κ2) is 6.14. The van der Waals surface area contributed by atoms with Gasteiger partial charge >= 0.3 is 0 Å². The quantitative estimate of drug-likeness (QED) is 0.869. The van der Waals surface area contributed by atoms with E-state index in [4.69, 9.17) is 0 Å². The Balaban J connectivity index is 1.91. The lowest BCUT2D eigenvalue weighted by atomic mass is 10.1. The van der Waals surface area contributed by atoms with Crippen molar-refractivity contribution in [2.24, 2.45) is 0 Å². The molecule has 4 heteroatoms. The first-order valence-electron chi connectivity index (χ1n) is 7.00. The van der Waals surface area contributed by atoms with Crippen LogP contribution in [0.3, 0.4) is 0 Å². The minimum atomic E-state index is 0.451. The summed E-state index contributed by atoms with van der Waals surface area (Å²) in [5.74, 6) is 1.41. The number of aromatic nitrogens is 2. The molecule has 1 aromatic rings. The number of nitrogens with zero attached hydrogens (tertiary/aromatic N) is 3. The van der Waals surface area contributed by atoms with Crippen molar-refractivity contribution in [1.82, 2.24) is 14.9 Å². The van der Waals surface area contributed by atoms with E-state index in [1.807, 2.05) is 0 Å². The van der Waals surface area contributed by atoms with Crippen molar-refractivity contribution in [3.05, 3.63) is 18.1 Å². The highest BCUT2D eigenvalue weighted by Gasteiger charge is 2.22. The van der Waals surface area contributed by atoms with E-state index in [0.29, 0.717) is 12.0 Å². The average molecular weight is 248 g/mol. The van der Waals surface area contributed by atoms with E-state index in [1.165, 1.54) is 19.4 Å². The Hall–Kier alpha value is -1.16. The van der Waals surface area contributed by atoms with Crippen molar-refractivity contribution in [3.63, 3.8) is 0 Å². The van der Waals surface area contributed by atoms with Crippen LogP contribution < -0.4 is 5.32 Å². The smallest absolute Gasteiger partial charge is 0.129 e. The van der Waals surface area contributed by atoms with Crippen molar-refractivity contribution in [1.29, 1.82) is 0 Å². The van der Waals surface area contributed by atoms with Gasteiger partial charge < -0.3 is 5.32 Å². The Labute approximate surface area is 110 Å². The van der Waals surface area contributed by atoms with Crippen LogP contribution in [0.1, 0.15) is 45.2 Å². The van der Waals surface area contributed by atoms with Gasteiger partial charge in [0.15, 0.2) is 0 Å². The number of hydrogen-bond donors (Lipinski definition) is 1. The largest absolute Gasteiger partial charge is 0.368 e. The zero-order valence-corrected chi connectivity index (χ0v) is 11.7. The first-order valence-corrected chi connectivity index (χ1v) is 7.00. The molecule has 0 aliphatic carbocycles. The normalized spacial score (nSPS) is 20.6. The second-order valence-corrected chi connectivity index (χ2v) is 5.29. The van der Waals surface area contributed by atoms with Crippen LogP contribution in [-0.4, -0.2) is 40.5 Å². The standard InChI is InChI=1S/C14H24N4/c1-4-18-7-5-6-12(18)9-15-14-8-13(11(2)3)16-10-17-14/h8,10-12H,4-7,9H2,1-3H3,(H,15,16,17). The minimum Gasteiger partial charge on any atom is -0.368 e.